The predicted octanol–water partition coefficient (Wildman–Crippen LogP) is 2.63. The molecule has 0 spiro atoms. The molecule has 0 saturated carbocycles. The molecule has 1 rings (SSSR count). The van der Waals surface area contributed by atoms with Crippen LogP contribution in [0.2, 0.25) is 0 Å². The van der Waals surface area contributed by atoms with Gasteiger partial charge in [-0.05, 0) is 37.1 Å². The van der Waals surface area contributed by atoms with E-state index in [1.807, 2.05) is 19.0 Å². The zero-order valence-corrected chi connectivity index (χ0v) is 12.9. The molecular weight excluding hydrogens is 238 g/mol. The molecule has 1 atom stereocenters. The molecule has 0 aliphatic carbocycles. The van der Waals surface area contributed by atoms with Crippen molar-refractivity contribution in [2.24, 2.45) is 0 Å². The number of carbonyl (C=O) groups excluding carboxylic acids is 1. The van der Waals surface area contributed by atoms with Gasteiger partial charge in [-0.25, -0.2) is 0 Å². The number of methoxy groups -OCH3 is 1. The molecule has 0 fully saturated rings. The summed E-state index contributed by atoms with van der Waals surface area (Å²) in [6.45, 7) is 6.58. The van der Waals surface area contributed by atoms with Crippen LogP contribution >= 0.6 is 0 Å². The summed E-state index contributed by atoms with van der Waals surface area (Å²) in [5.41, 5.74) is 2.61. The number of esters is 1. The van der Waals surface area contributed by atoms with E-state index < -0.39 is 0 Å². The lowest BCUT2D eigenvalue weighted by Gasteiger charge is -2.23. The van der Waals surface area contributed by atoms with Gasteiger partial charge in [0.05, 0.1) is 7.11 Å². The summed E-state index contributed by atoms with van der Waals surface area (Å²) >= 11 is 0. The van der Waals surface area contributed by atoms with Gasteiger partial charge in [0.2, 0.25) is 0 Å². The number of likely N-dealkylation sites (N-methyl/N-ethyl adjacent to an activating group) is 1. The minimum atomic E-state index is -0.231. The van der Waals surface area contributed by atoms with Gasteiger partial charge in [0, 0.05) is 0 Å². The van der Waals surface area contributed by atoms with Crippen molar-refractivity contribution in [2.45, 2.75) is 38.6 Å². The van der Waals surface area contributed by atoms with Crippen LogP contribution in [0.4, 0.5) is 0 Å². The van der Waals surface area contributed by atoms with Crippen LogP contribution in [0.3, 0.4) is 0 Å². The third-order valence-corrected chi connectivity index (χ3v) is 3.35. The van der Waals surface area contributed by atoms with E-state index in [4.69, 9.17) is 4.74 Å². The summed E-state index contributed by atoms with van der Waals surface area (Å²) in [5, 5.41) is 0. The Labute approximate surface area is 116 Å². The molecular formula is C16H25NO2. The van der Waals surface area contributed by atoms with Crippen LogP contribution < -0.4 is 0 Å². The molecule has 0 aliphatic rings. The number of carbonyl (C=O) groups is 1. The molecule has 3 heteroatoms. The van der Waals surface area contributed by atoms with Gasteiger partial charge in [-0.15, -0.1) is 0 Å². The average molecular weight is 263 g/mol. The minimum absolute atomic E-state index is 0.155. The summed E-state index contributed by atoms with van der Waals surface area (Å²) in [7, 11) is 5.22. The van der Waals surface area contributed by atoms with Crippen molar-refractivity contribution in [2.75, 3.05) is 21.2 Å². The molecule has 3 nitrogen and oxygen atoms in total. The molecule has 0 bridgehead atoms. The van der Waals surface area contributed by atoms with E-state index in [1.165, 1.54) is 12.7 Å². The highest BCUT2D eigenvalue weighted by Gasteiger charge is 2.22. The van der Waals surface area contributed by atoms with Crippen LogP contribution in [0.5, 0.6) is 0 Å². The van der Waals surface area contributed by atoms with Crippen molar-refractivity contribution in [3.05, 3.63) is 35.4 Å². The van der Waals surface area contributed by atoms with Crippen LogP contribution in [0.15, 0.2) is 24.3 Å². The number of rotatable bonds is 4. The number of nitrogens with zero attached hydrogens (tertiary/aromatic N) is 1. The minimum Gasteiger partial charge on any atom is -0.468 e. The molecule has 0 N–H and O–H groups in total. The summed E-state index contributed by atoms with van der Waals surface area (Å²) < 4.78 is 4.84. The first kappa shape index (κ1) is 15.7. The first-order chi connectivity index (χ1) is 8.75. The molecule has 106 valence electrons. The fourth-order valence-electron chi connectivity index (χ4n) is 1.98. The van der Waals surface area contributed by atoms with Gasteiger partial charge in [-0.2, -0.15) is 0 Å². The van der Waals surface area contributed by atoms with Crippen molar-refractivity contribution in [1.29, 1.82) is 0 Å². The molecule has 0 saturated heterocycles. The maximum atomic E-state index is 11.7. The van der Waals surface area contributed by atoms with Gasteiger partial charge in [0.15, 0.2) is 0 Å². The Morgan fingerprint density at radius 1 is 1.21 bits per heavy atom. The lowest BCUT2D eigenvalue weighted by molar-refractivity contribution is -0.145. The molecule has 0 heterocycles. The van der Waals surface area contributed by atoms with E-state index in [0.717, 1.165) is 5.56 Å². The van der Waals surface area contributed by atoms with Gasteiger partial charge >= 0.3 is 5.97 Å². The molecule has 1 aromatic rings. The van der Waals surface area contributed by atoms with Gasteiger partial charge in [-0.1, -0.05) is 45.0 Å². The fourth-order valence-corrected chi connectivity index (χ4v) is 1.98. The third kappa shape index (κ3) is 4.35. The second-order valence-corrected chi connectivity index (χ2v) is 6.15. The lowest BCUT2D eigenvalue weighted by Crippen LogP contribution is -2.38. The Hall–Kier alpha value is -1.35. The summed E-state index contributed by atoms with van der Waals surface area (Å²) in [6, 6.07) is 8.24. The Morgan fingerprint density at radius 2 is 1.74 bits per heavy atom. The van der Waals surface area contributed by atoms with E-state index in [9.17, 15) is 4.79 Å². The Kier molecular flexibility index (Phi) is 5.12. The molecule has 1 aromatic carbocycles. The van der Waals surface area contributed by atoms with Crippen LogP contribution in [-0.4, -0.2) is 38.1 Å². The number of hydrogen-bond acceptors (Lipinski definition) is 3. The van der Waals surface area contributed by atoms with E-state index in [-0.39, 0.29) is 17.4 Å². The average Bonchev–Trinajstić information content (AvgIpc) is 2.34. The number of ether oxygens (including phenoxy) is 1. The highest BCUT2D eigenvalue weighted by atomic mass is 16.5. The topological polar surface area (TPSA) is 29.5 Å². The van der Waals surface area contributed by atoms with E-state index >= 15 is 0 Å². The number of benzene rings is 1. The number of hydrogen-bond donors (Lipinski definition) is 0. The Morgan fingerprint density at radius 3 is 2.11 bits per heavy atom. The monoisotopic (exact) mass is 263 g/mol. The Balaban J connectivity index is 2.84. The van der Waals surface area contributed by atoms with Crippen LogP contribution in [-0.2, 0) is 21.4 Å². The quantitative estimate of drug-likeness (QED) is 0.782. The predicted molar refractivity (Wildman–Crippen MR) is 78.3 cm³/mol. The fraction of sp³-hybridized carbons (Fsp3) is 0.562. The summed E-state index contributed by atoms with van der Waals surface area (Å²) in [6.07, 6.45) is 0.671. The van der Waals surface area contributed by atoms with Crippen molar-refractivity contribution in [3.63, 3.8) is 0 Å². The van der Waals surface area contributed by atoms with Crippen molar-refractivity contribution in [3.8, 4) is 0 Å². The van der Waals surface area contributed by atoms with Gasteiger partial charge in [0.25, 0.3) is 0 Å². The van der Waals surface area contributed by atoms with Crippen LogP contribution in [0, 0.1) is 0 Å². The molecule has 0 amide bonds. The highest BCUT2D eigenvalue weighted by molar-refractivity contribution is 5.76. The first-order valence-electron chi connectivity index (χ1n) is 6.59. The second kappa shape index (κ2) is 6.20. The van der Waals surface area contributed by atoms with Crippen molar-refractivity contribution in [1.82, 2.24) is 4.90 Å². The van der Waals surface area contributed by atoms with Gasteiger partial charge in [0.1, 0.15) is 6.04 Å². The molecule has 19 heavy (non-hydrogen) atoms. The zero-order valence-electron chi connectivity index (χ0n) is 12.9. The van der Waals surface area contributed by atoms with E-state index in [2.05, 4.69) is 45.0 Å². The lowest BCUT2D eigenvalue weighted by atomic mass is 9.86. The summed E-state index contributed by atoms with van der Waals surface area (Å²) in [4.78, 5) is 13.6. The van der Waals surface area contributed by atoms with Crippen LogP contribution in [0.1, 0.15) is 31.9 Å². The highest BCUT2D eigenvalue weighted by Crippen LogP contribution is 2.22. The molecule has 0 aliphatic heterocycles. The van der Waals surface area contributed by atoms with Gasteiger partial charge in [-0.3, -0.25) is 9.69 Å². The van der Waals surface area contributed by atoms with Crippen molar-refractivity contribution >= 4 is 5.97 Å². The van der Waals surface area contributed by atoms with E-state index in [0.29, 0.717) is 6.42 Å². The second-order valence-electron chi connectivity index (χ2n) is 6.15. The normalized spacial score (nSPS) is 13.4. The zero-order chi connectivity index (χ0) is 14.6. The van der Waals surface area contributed by atoms with Crippen molar-refractivity contribution < 1.29 is 9.53 Å². The van der Waals surface area contributed by atoms with Crippen LogP contribution in [0.25, 0.3) is 0 Å². The Bertz CT molecular complexity index is 415. The SMILES string of the molecule is COC(=O)C(Cc1ccc(C(C)(C)C)cc1)N(C)C. The maximum absolute atomic E-state index is 11.7. The standard InChI is InChI=1S/C16H25NO2/c1-16(2,3)13-9-7-12(8-10-13)11-14(17(4)5)15(18)19-6/h7-10,14H,11H2,1-6H3. The third-order valence-electron chi connectivity index (χ3n) is 3.35. The van der Waals surface area contributed by atoms with Gasteiger partial charge < -0.3 is 4.74 Å². The first-order valence-corrected chi connectivity index (χ1v) is 6.59. The smallest absolute Gasteiger partial charge is 0.323 e. The molecule has 0 radical (unpaired) electrons. The molecule has 0 aromatic heterocycles. The van der Waals surface area contributed by atoms with E-state index in [1.54, 1.807) is 0 Å². The molecule has 1 unspecified atom stereocenters. The largest absolute Gasteiger partial charge is 0.468 e. The maximum Gasteiger partial charge on any atom is 0.323 e. The summed E-state index contributed by atoms with van der Waals surface area (Å²) in [5.74, 6) is -0.190.